The molecular weight excluding hydrogens is 188 g/mol. The summed E-state index contributed by atoms with van der Waals surface area (Å²) in [4.78, 5) is 12.0. The summed E-state index contributed by atoms with van der Waals surface area (Å²) in [6.07, 6.45) is 4.19. The summed E-state index contributed by atoms with van der Waals surface area (Å²) in [6, 6.07) is 0.680. The van der Waals surface area contributed by atoms with Crippen LogP contribution in [0.1, 0.15) is 46.5 Å². The maximum absolute atomic E-state index is 12.0. The van der Waals surface area contributed by atoms with E-state index in [1.54, 1.807) is 0 Å². The molecule has 0 aliphatic carbocycles. The standard InChI is InChI=1S/C12H24N2O/c1-4-10(5-2)14-12(15)11-7-6-8-13-9(11)3/h9-11,13H,4-8H2,1-3H3,(H,14,15). The molecule has 3 heteroatoms. The van der Waals surface area contributed by atoms with E-state index in [0.717, 1.165) is 32.2 Å². The number of hydrogen-bond donors (Lipinski definition) is 2. The first kappa shape index (κ1) is 12.5. The molecule has 1 aliphatic rings. The van der Waals surface area contributed by atoms with Crippen molar-refractivity contribution in [1.82, 2.24) is 10.6 Å². The van der Waals surface area contributed by atoms with Gasteiger partial charge in [-0.3, -0.25) is 4.79 Å². The first-order valence-corrected chi connectivity index (χ1v) is 6.22. The number of carbonyl (C=O) groups excluding carboxylic acids is 1. The van der Waals surface area contributed by atoms with Crippen molar-refractivity contribution in [3.8, 4) is 0 Å². The summed E-state index contributed by atoms with van der Waals surface area (Å²) in [7, 11) is 0. The Morgan fingerprint density at radius 3 is 2.67 bits per heavy atom. The SMILES string of the molecule is CCC(CC)NC(=O)C1CCCNC1C. The van der Waals surface area contributed by atoms with Gasteiger partial charge in [-0.15, -0.1) is 0 Å². The van der Waals surface area contributed by atoms with Crippen LogP contribution in [0, 0.1) is 5.92 Å². The van der Waals surface area contributed by atoms with E-state index in [-0.39, 0.29) is 11.8 Å². The van der Waals surface area contributed by atoms with Gasteiger partial charge in [0.15, 0.2) is 0 Å². The number of hydrogen-bond acceptors (Lipinski definition) is 2. The first-order valence-electron chi connectivity index (χ1n) is 6.22. The van der Waals surface area contributed by atoms with Crippen LogP contribution in [0.2, 0.25) is 0 Å². The van der Waals surface area contributed by atoms with Crippen molar-refractivity contribution in [1.29, 1.82) is 0 Å². The average molecular weight is 212 g/mol. The second-order valence-electron chi connectivity index (χ2n) is 4.51. The van der Waals surface area contributed by atoms with Gasteiger partial charge in [0.1, 0.15) is 0 Å². The van der Waals surface area contributed by atoms with Crippen molar-refractivity contribution in [2.24, 2.45) is 5.92 Å². The molecule has 0 aromatic carbocycles. The predicted molar refractivity (Wildman–Crippen MR) is 62.7 cm³/mol. The molecule has 1 amide bonds. The molecule has 0 spiro atoms. The topological polar surface area (TPSA) is 41.1 Å². The molecule has 0 aromatic rings. The van der Waals surface area contributed by atoms with Crippen LogP contribution in [0.15, 0.2) is 0 Å². The highest BCUT2D eigenvalue weighted by Gasteiger charge is 2.28. The smallest absolute Gasteiger partial charge is 0.224 e. The summed E-state index contributed by atoms with van der Waals surface area (Å²) in [6.45, 7) is 7.40. The van der Waals surface area contributed by atoms with Crippen molar-refractivity contribution >= 4 is 5.91 Å². The monoisotopic (exact) mass is 212 g/mol. The molecule has 1 saturated heterocycles. The predicted octanol–water partition coefficient (Wildman–Crippen LogP) is 1.68. The number of carbonyl (C=O) groups is 1. The Morgan fingerprint density at radius 1 is 1.47 bits per heavy atom. The highest BCUT2D eigenvalue weighted by atomic mass is 16.2. The van der Waals surface area contributed by atoms with E-state index in [9.17, 15) is 4.79 Å². The molecule has 1 fully saturated rings. The van der Waals surface area contributed by atoms with Gasteiger partial charge in [-0.05, 0) is 39.2 Å². The van der Waals surface area contributed by atoms with Crippen LogP contribution in [0.3, 0.4) is 0 Å². The zero-order valence-corrected chi connectivity index (χ0v) is 10.2. The Bertz CT molecular complexity index is 202. The Kier molecular flexibility index (Phi) is 5.09. The molecule has 0 saturated carbocycles. The zero-order valence-electron chi connectivity index (χ0n) is 10.2. The van der Waals surface area contributed by atoms with Crippen molar-refractivity contribution in [2.75, 3.05) is 6.54 Å². The fraction of sp³-hybridized carbons (Fsp3) is 0.917. The fourth-order valence-corrected chi connectivity index (χ4v) is 2.20. The third-order valence-electron chi connectivity index (χ3n) is 3.43. The van der Waals surface area contributed by atoms with E-state index in [1.807, 2.05) is 0 Å². The molecule has 1 heterocycles. The number of amides is 1. The quantitative estimate of drug-likeness (QED) is 0.744. The van der Waals surface area contributed by atoms with E-state index in [1.165, 1.54) is 0 Å². The second kappa shape index (κ2) is 6.11. The Hall–Kier alpha value is -0.570. The average Bonchev–Trinajstić information content (AvgIpc) is 2.26. The van der Waals surface area contributed by atoms with Crippen LogP contribution in [-0.4, -0.2) is 24.5 Å². The molecule has 0 bridgehead atoms. The summed E-state index contributed by atoms with van der Waals surface area (Å²) in [5.41, 5.74) is 0. The van der Waals surface area contributed by atoms with Gasteiger partial charge in [-0.25, -0.2) is 0 Å². The second-order valence-corrected chi connectivity index (χ2v) is 4.51. The van der Waals surface area contributed by atoms with Gasteiger partial charge in [0.2, 0.25) is 5.91 Å². The Balaban J connectivity index is 2.44. The minimum atomic E-state index is 0.166. The molecule has 88 valence electrons. The van der Waals surface area contributed by atoms with E-state index in [0.29, 0.717) is 12.1 Å². The van der Waals surface area contributed by atoms with Gasteiger partial charge in [0, 0.05) is 12.1 Å². The normalized spacial score (nSPS) is 26.7. The van der Waals surface area contributed by atoms with Crippen LogP contribution in [-0.2, 0) is 4.79 Å². The van der Waals surface area contributed by atoms with E-state index in [4.69, 9.17) is 0 Å². The van der Waals surface area contributed by atoms with Gasteiger partial charge < -0.3 is 10.6 Å². The highest BCUT2D eigenvalue weighted by Crippen LogP contribution is 2.16. The minimum absolute atomic E-state index is 0.166. The molecule has 1 rings (SSSR count). The zero-order chi connectivity index (χ0) is 11.3. The van der Waals surface area contributed by atoms with E-state index >= 15 is 0 Å². The molecule has 0 radical (unpaired) electrons. The van der Waals surface area contributed by atoms with Crippen LogP contribution in [0.25, 0.3) is 0 Å². The molecule has 2 atom stereocenters. The van der Waals surface area contributed by atoms with Gasteiger partial charge in [0.05, 0.1) is 5.92 Å². The van der Waals surface area contributed by atoms with Gasteiger partial charge >= 0.3 is 0 Å². The summed E-state index contributed by atoms with van der Waals surface area (Å²) in [5, 5.41) is 6.50. The van der Waals surface area contributed by atoms with Gasteiger partial charge in [-0.2, -0.15) is 0 Å². The highest BCUT2D eigenvalue weighted by molar-refractivity contribution is 5.79. The lowest BCUT2D eigenvalue weighted by molar-refractivity contribution is -0.127. The summed E-state index contributed by atoms with van der Waals surface area (Å²) >= 11 is 0. The molecule has 2 unspecified atom stereocenters. The van der Waals surface area contributed by atoms with Crippen LogP contribution < -0.4 is 10.6 Å². The maximum Gasteiger partial charge on any atom is 0.224 e. The maximum atomic E-state index is 12.0. The molecule has 0 aromatic heterocycles. The lowest BCUT2D eigenvalue weighted by Gasteiger charge is -2.30. The molecule has 2 N–H and O–H groups in total. The van der Waals surface area contributed by atoms with Crippen molar-refractivity contribution in [2.45, 2.75) is 58.5 Å². The third kappa shape index (κ3) is 3.49. The van der Waals surface area contributed by atoms with Gasteiger partial charge in [-0.1, -0.05) is 13.8 Å². The van der Waals surface area contributed by atoms with Crippen molar-refractivity contribution < 1.29 is 4.79 Å². The van der Waals surface area contributed by atoms with Crippen LogP contribution >= 0.6 is 0 Å². The largest absolute Gasteiger partial charge is 0.353 e. The number of nitrogens with one attached hydrogen (secondary N) is 2. The van der Waals surface area contributed by atoms with Crippen molar-refractivity contribution in [3.63, 3.8) is 0 Å². The summed E-state index contributed by atoms with van der Waals surface area (Å²) < 4.78 is 0. The lowest BCUT2D eigenvalue weighted by Crippen LogP contribution is -2.48. The molecular formula is C12H24N2O. The molecule has 1 aliphatic heterocycles. The van der Waals surface area contributed by atoms with Gasteiger partial charge in [0.25, 0.3) is 0 Å². The Labute approximate surface area is 93.0 Å². The lowest BCUT2D eigenvalue weighted by atomic mass is 9.91. The van der Waals surface area contributed by atoms with Crippen molar-refractivity contribution in [3.05, 3.63) is 0 Å². The molecule has 3 nitrogen and oxygen atoms in total. The van der Waals surface area contributed by atoms with E-state index < -0.39 is 0 Å². The fourth-order valence-electron chi connectivity index (χ4n) is 2.20. The number of rotatable bonds is 4. The number of piperidine rings is 1. The first-order chi connectivity index (χ1) is 7.19. The molecule has 15 heavy (non-hydrogen) atoms. The van der Waals surface area contributed by atoms with Crippen LogP contribution in [0.4, 0.5) is 0 Å². The summed E-state index contributed by atoms with van der Waals surface area (Å²) in [5.74, 6) is 0.405. The van der Waals surface area contributed by atoms with E-state index in [2.05, 4.69) is 31.4 Å². The van der Waals surface area contributed by atoms with Crippen LogP contribution in [0.5, 0.6) is 0 Å². The Morgan fingerprint density at radius 2 is 2.13 bits per heavy atom. The minimum Gasteiger partial charge on any atom is -0.353 e. The third-order valence-corrected chi connectivity index (χ3v) is 3.43.